The standard InChI is InChI=1S/C18H16N2O8S2/c21-13-4-6-17(15(23)9-13)29(25,26)19-11-2-1-3-12(8-11)20-30(27,28)18-7-5-14(22)10-16(18)24/h1-10,19-24H. The van der Waals surface area contributed by atoms with Crippen LogP contribution < -0.4 is 9.44 Å². The Bertz CT molecular complexity index is 1220. The summed E-state index contributed by atoms with van der Waals surface area (Å²) >= 11 is 0. The fourth-order valence-corrected chi connectivity index (χ4v) is 4.79. The first kappa shape index (κ1) is 21.1. The molecular formula is C18H16N2O8S2. The van der Waals surface area contributed by atoms with Crippen LogP contribution in [0.2, 0.25) is 0 Å². The zero-order valence-corrected chi connectivity index (χ0v) is 16.6. The number of nitrogens with one attached hydrogen (secondary N) is 2. The molecule has 30 heavy (non-hydrogen) atoms. The molecule has 6 N–H and O–H groups in total. The molecule has 3 rings (SSSR count). The number of hydrogen-bond donors (Lipinski definition) is 6. The van der Waals surface area contributed by atoms with Gasteiger partial charge in [-0.25, -0.2) is 16.8 Å². The minimum atomic E-state index is -4.24. The van der Waals surface area contributed by atoms with Gasteiger partial charge in [0.15, 0.2) is 0 Å². The van der Waals surface area contributed by atoms with E-state index in [1.54, 1.807) is 0 Å². The van der Waals surface area contributed by atoms with Crippen LogP contribution in [-0.4, -0.2) is 37.3 Å². The molecule has 0 unspecified atom stereocenters. The van der Waals surface area contributed by atoms with Gasteiger partial charge in [0.05, 0.1) is 11.4 Å². The molecule has 0 aliphatic carbocycles. The summed E-state index contributed by atoms with van der Waals surface area (Å²) in [4.78, 5) is -0.972. The lowest BCUT2D eigenvalue weighted by atomic mass is 10.3. The molecule has 0 saturated carbocycles. The maximum absolute atomic E-state index is 12.5. The third kappa shape index (κ3) is 4.50. The zero-order chi connectivity index (χ0) is 22.1. The van der Waals surface area contributed by atoms with Gasteiger partial charge in [0.25, 0.3) is 20.0 Å². The van der Waals surface area contributed by atoms with Crippen LogP contribution in [0, 0.1) is 0 Å². The normalized spacial score (nSPS) is 11.7. The minimum absolute atomic E-state index is 0.0161. The van der Waals surface area contributed by atoms with Crippen LogP contribution in [0.15, 0.2) is 70.5 Å². The van der Waals surface area contributed by atoms with Gasteiger partial charge in [0.2, 0.25) is 0 Å². The monoisotopic (exact) mass is 452 g/mol. The summed E-state index contributed by atoms with van der Waals surface area (Å²) < 4.78 is 54.3. The smallest absolute Gasteiger partial charge is 0.265 e. The Balaban J connectivity index is 1.87. The second-order valence-corrected chi connectivity index (χ2v) is 9.40. The van der Waals surface area contributed by atoms with E-state index in [1.165, 1.54) is 24.3 Å². The molecule has 0 heterocycles. The second-order valence-electron chi connectivity index (χ2n) is 6.10. The van der Waals surface area contributed by atoms with E-state index in [9.17, 15) is 37.3 Å². The molecule has 0 fully saturated rings. The van der Waals surface area contributed by atoms with Crippen LogP contribution in [0.3, 0.4) is 0 Å². The SMILES string of the molecule is O=S(=O)(Nc1cccc(NS(=O)(=O)c2ccc(O)cc2O)c1)c1ccc(O)cc1O. The van der Waals surface area contributed by atoms with Gasteiger partial charge in [-0.3, -0.25) is 9.44 Å². The van der Waals surface area contributed by atoms with Crippen molar-refractivity contribution >= 4 is 31.4 Å². The molecule has 158 valence electrons. The number of anilines is 2. The Labute approximate surface area is 171 Å². The maximum atomic E-state index is 12.5. The lowest BCUT2D eigenvalue weighted by Crippen LogP contribution is -2.15. The predicted octanol–water partition coefficient (Wildman–Crippen LogP) is 2.11. The van der Waals surface area contributed by atoms with E-state index < -0.39 is 41.3 Å². The summed E-state index contributed by atoms with van der Waals surface area (Å²) in [6.45, 7) is 0. The lowest BCUT2D eigenvalue weighted by molar-refractivity contribution is 0.438. The van der Waals surface area contributed by atoms with E-state index >= 15 is 0 Å². The lowest BCUT2D eigenvalue weighted by Gasteiger charge is -2.13. The van der Waals surface area contributed by atoms with Crippen molar-refractivity contribution in [1.29, 1.82) is 0 Å². The quantitative estimate of drug-likeness (QED) is 0.330. The molecule has 0 radical (unpaired) electrons. The Kier molecular flexibility index (Phi) is 5.37. The van der Waals surface area contributed by atoms with E-state index in [-0.39, 0.29) is 22.9 Å². The Morgan fingerprint density at radius 2 is 0.967 bits per heavy atom. The third-order valence-electron chi connectivity index (χ3n) is 3.83. The fraction of sp³-hybridized carbons (Fsp3) is 0. The van der Waals surface area contributed by atoms with E-state index in [1.807, 2.05) is 0 Å². The summed E-state index contributed by atoms with van der Waals surface area (Å²) in [6.07, 6.45) is 0. The number of phenolic OH excluding ortho intramolecular Hbond substituents is 4. The number of hydrogen-bond acceptors (Lipinski definition) is 8. The van der Waals surface area contributed by atoms with Crippen molar-refractivity contribution < 1.29 is 37.3 Å². The highest BCUT2D eigenvalue weighted by atomic mass is 32.2. The molecule has 0 atom stereocenters. The van der Waals surface area contributed by atoms with Gasteiger partial charge in [-0.2, -0.15) is 0 Å². The highest BCUT2D eigenvalue weighted by Crippen LogP contribution is 2.30. The number of rotatable bonds is 6. The van der Waals surface area contributed by atoms with E-state index in [2.05, 4.69) is 9.44 Å². The van der Waals surface area contributed by atoms with Crippen LogP contribution in [0.25, 0.3) is 0 Å². The molecule has 0 aliphatic rings. The van der Waals surface area contributed by atoms with Gasteiger partial charge < -0.3 is 20.4 Å². The van der Waals surface area contributed by atoms with Crippen molar-refractivity contribution in [2.24, 2.45) is 0 Å². The van der Waals surface area contributed by atoms with Gasteiger partial charge in [-0.15, -0.1) is 0 Å². The number of aromatic hydroxyl groups is 4. The molecule has 12 heteroatoms. The molecule has 3 aromatic carbocycles. The maximum Gasteiger partial charge on any atom is 0.265 e. The molecule has 10 nitrogen and oxygen atoms in total. The molecule has 0 aromatic heterocycles. The van der Waals surface area contributed by atoms with Crippen molar-refractivity contribution in [3.8, 4) is 23.0 Å². The fourth-order valence-electron chi connectivity index (χ4n) is 2.53. The average Bonchev–Trinajstić information content (AvgIpc) is 2.60. The average molecular weight is 452 g/mol. The van der Waals surface area contributed by atoms with Gasteiger partial charge in [-0.05, 0) is 42.5 Å². The Morgan fingerprint density at radius 3 is 1.33 bits per heavy atom. The van der Waals surface area contributed by atoms with Crippen molar-refractivity contribution in [2.45, 2.75) is 9.79 Å². The van der Waals surface area contributed by atoms with Crippen LogP contribution >= 0.6 is 0 Å². The predicted molar refractivity (Wildman–Crippen MR) is 108 cm³/mol. The minimum Gasteiger partial charge on any atom is -0.508 e. The van der Waals surface area contributed by atoms with Crippen LogP contribution in [-0.2, 0) is 20.0 Å². The van der Waals surface area contributed by atoms with Gasteiger partial charge in [0, 0.05) is 12.1 Å². The van der Waals surface area contributed by atoms with Crippen molar-refractivity contribution in [2.75, 3.05) is 9.44 Å². The second kappa shape index (κ2) is 7.65. The first-order chi connectivity index (χ1) is 14.0. The van der Waals surface area contributed by atoms with Crippen molar-refractivity contribution in [3.05, 3.63) is 60.7 Å². The number of benzene rings is 3. The Morgan fingerprint density at radius 1 is 0.567 bits per heavy atom. The first-order valence-electron chi connectivity index (χ1n) is 8.18. The van der Waals surface area contributed by atoms with E-state index in [0.29, 0.717) is 0 Å². The first-order valence-corrected chi connectivity index (χ1v) is 11.1. The molecular weight excluding hydrogens is 436 g/mol. The van der Waals surface area contributed by atoms with Crippen molar-refractivity contribution in [3.63, 3.8) is 0 Å². The summed E-state index contributed by atoms with van der Waals surface area (Å²) in [5.41, 5.74) is -0.0322. The molecule has 3 aromatic rings. The van der Waals surface area contributed by atoms with Crippen LogP contribution in [0.5, 0.6) is 23.0 Å². The topological polar surface area (TPSA) is 173 Å². The van der Waals surface area contributed by atoms with E-state index in [0.717, 1.165) is 36.4 Å². The van der Waals surface area contributed by atoms with E-state index in [4.69, 9.17) is 0 Å². The Hall–Kier alpha value is -3.64. The van der Waals surface area contributed by atoms with Crippen LogP contribution in [0.4, 0.5) is 11.4 Å². The largest absolute Gasteiger partial charge is 0.508 e. The zero-order valence-electron chi connectivity index (χ0n) is 15.0. The molecule has 0 aliphatic heterocycles. The number of sulfonamides is 2. The molecule has 0 bridgehead atoms. The summed E-state index contributed by atoms with van der Waals surface area (Å²) in [6, 6.07) is 11.2. The summed E-state index contributed by atoms with van der Waals surface area (Å²) in [5.74, 6) is -1.97. The number of phenols is 4. The molecule has 0 amide bonds. The van der Waals surface area contributed by atoms with Crippen molar-refractivity contribution in [1.82, 2.24) is 0 Å². The highest BCUT2D eigenvalue weighted by molar-refractivity contribution is 7.93. The summed E-state index contributed by atoms with van der Waals surface area (Å²) in [7, 11) is -8.48. The van der Waals surface area contributed by atoms with Gasteiger partial charge in [0.1, 0.15) is 32.8 Å². The highest BCUT2D eigenvalue weighted by Gasteiger charge is 2.21. The van der Waals surface area contributed by atoms with Gasteiger partial charge >= 0.3 is 0 Å². The van der Waals surface area contributed by atoms with Gasteiger partial charge in [-0.1, -0.05) is 6.07 Å². The summed E-state index contributed by atoms with van der Waals surface area (Å²) in [5, 5.41) is 38.1. The third-order valence-corrected chi connectivity index (χ3v) is 6.69. The molecule has 0 spiro atoms. The van der Waals surface area contributed by atoms with Crippen LogP contribution in [0.1, 0.15) is 0 Å². The molecule has 0 saturated heterocycles.